The summed E-state index contributed by atoms with van der Waals surface area (Å²) in [6, 6.07) is 10.00. The lowest BCUT2D eigenvalue weighted by Gasteiger charge is -2.06. The van der Waals surface area contributed by atoms with E-state index in [-0.39, 0.29) is 0 Å². The topological polar surface area (TPSA) is 22.1 Å². The molecule has 1 aromatic heterocycles. The number of pyridine rings is 1. The summed E-state index contributed by atoms with van der Waals surface area (Å²) in [6.07, 6.45) is 3.94. The van der Waals surface area contributed by atoms with Gasteiger partial charge in [-0.25, -0.2) is 0 Å². The maximum atomic E-state index is 5.64. The Labute approximate surface area is 101 Å². The van der Waals surface area contributed by atoms with E-state index in [1.165, 1.54) is 0 Å². The van der Waals surface area contributed by atoms with Crippen LogP contribution in [0.3, 0.4) is 0 Å². The first-order valence-corrected chi connectivity index (χ1v) is 6.12. The predicted octanol–water partition coefficient (Wildman–Crippen LogP) is 3.32. The fourth-order valence-corrected chi connectivity index (χ4v) is 1.76. The number of unbranched alkanes of at least 4 members (excludes halogenated alkanes) is 1. The van der Waals surface area contributed by atoms with Crippen molar-refractivity contribution in [2.24, 2.45) is 0 Å². The molecule has 0 N–H and O–H groups in total. The molecule has 2 aromatic rings. The van der Waals surface area contributed by atoms with Crippen LogP contribution in [-0.2, 0) is 0 Å². The molecule has 0 aliphatic rings. The standard InChI is InChI=1S/C13H15NOS/c16-9-2-1-8-15-12-6-5-11-4-3-7-14-13(11)10-12/h3-7,10,16H,1-2,8-9H2. The SMILES string of the molecule is SCCCCOc1ccc2cccnc2c1. The zero-order valence-corrected chi connectivity index (χ0v) is 9.99. The number of fused-ring (bicyclic) bond motifs is 1. The second-order valence-corrected chi connectivity index (χ2v) is 4.08. The molecule has 1 aromatic carbocycles. The minimum Gasteiger partial charge on any atom is -0.494 e. The van der Waals surface area contributed by atoms with Gasteiger partial charge in [0, 0.05) is 17.6 Å². The van der Waals surface area contributed by atoms with E-state index >= 15 is 0 Å². The Hall–Kier alpha value is -1.22. The first-order valence-electron chi connectivity index (χ1n) is 5.48. The Kier molecular flexibility index (Phi) is 4.05. The lowest BCUT2D eigenvalue weighted by Crippen LogP contribution is -1.97. The average Bonchev–Trinajstić information content (AvgIpc) is 2.34. The fraction of sp³-hybridized carbons (Fsp3) is 0.308. The fourth-order valence-electron chi connectivity index (χ4n) is 1.54. The molecule has 2 nitrogen and oxygen atoms in total. The average molecular weight is 233 g/mol. The van der Waals surface area contributed by atoms with Gasteiger partial charge in [-0.05, 0) is 36.8 Å². The number of hydrogen-bond acceptors (Lipinski definition) is 3. The predicted molar refractivity (Wildman–Crippen MR) is 70.3 cm³/mol. The lowest BCUT2D eigenvalue weighted by atomic mass is 10.2. The molecule has 84 valence electrons. The molecule has 0 unspecified atom stereocenters. The summed E-state index contributed by atoms with van der Waals surface area (Å²) < 4.78 is 5.64. The first-order chi connectivity index (χ1) is 7.90. The largest absolute Gasteiger partial charge is 0.494 e. The van der Waals surface area contributed by atoms with Gasteiger partial charge in [0.1, 0.15) is 5.75 Å². The van der Waals surface area contributed by atoms with Crippen molar-refractivity contribution in [3.63, 3.8) is 0 Å². The Morgan fingerprint density at radius 3 is 3.00 bits per heavy atom. The van der Waals surface area contributed by atoms with Crippen LogP contribution in [0.4, 0.5) is 0 Å². The number of ether oxygens (including phenoxy) is 1. The minimum atomic E-state index is 0.749. The molecule has 0 atom stereocenters. The first kappa shape index (κ1) is 11.3. The third-order valence-corrected chi connectivity index (χ3v) is 2.71. The molecular weight excluding hydrogens is 218 g/mol. The van der Waals surface area contributed by atoms with Crippen LogP contribution in [0.2, 0.25) is 0 Å². The maximum Gasteiger partial charge on any atom is 0.121 e. The van der Waals surface area contributed by atoms with Crippen molar-refractivity contribution in [2.45, 2.75) is 12.8 Å². The van der Waals surface area contributed by atoms with Crippen molar-refractivity contribution >= 4 is 23.5 Å². The molecule has 0 aliphatic heterocycles. The van der Waals surface area contributed by atoms with Crippen molar-refractivity contribution in [1.82, 2.24) is 4.98 Å². The molecule has 3 heteroatoms. The summed E-state index contributed by atoms with van der Waals surface area (Å²) in [5, 5.41) is 1.14. The summed E-state index contributed by atoms with van der Waals surface area (Å²) >= 11 is 4.16. The van der Waals surface area contributed by atoms with E-state index in [0.29, 0.717) is 0 Å². The van der Waals surface area contributed by atoms with Crippen molar-refractivity contribution in [3.8, 4) is 5.75 Å². The molecule has 0 aliphatic carbocycles. The highest BCUT2D eigenvalue weighted by molar-refractivity contribution is 7.80. The molecule has 1 heterocycles. The second-order valence-electron chi connectivity index (χ2n) is 3.64. The van der Waals surface area contributed by atoms with E-state index in [4.69, 9.17) is 4.74 Å². The van der Waals surface area contributed by atoms with Gasteiger partial charge in [0.15, 0.2) is 0 Å². The van der Waals surface area contributed by atoms with Crippen LogP contribution in [0.25, 0.3) is 10.9 Å². The molecule has 0 saturated carbocycles. The molecule has 0 bridgehead atoms. The summed E-state index contributed by atoms with van der Waals surface area (Å²) in [4.78, 5) is 4.29. The monoisotopic (exact) mass is 233 g/mol. The summed E-state index contributed by atoms with van der Waals surface area (Å²) in [7, 11) is 0. The van der Waals surface area contributed by atoms with Gasteiger partial charge in [-0.15, -0.1) is 0 Å². The van der Waals surface area contributed by atoms with Crippen LogP contribution in [0.5, 0.6) is 5.75 Å². The van der Waals surface area contributed by atoms with Crippen LogP contribution >= 0.6 is 12.6 Å². The number of benzene rings is 1. The Morgan fingerprint density at radius 2 is 2.12 bits per heavy atom. The van der Waals surface area contributed by atoms with E-state index < -0.39 is 0 Å². The van der Waals surface area contributed by atoms with Gasteiger partial charge in [0.25, 0.3) is 0 Å². The van der Waals surface area contributed by atoms with E-state index in [2.05, 4.69) is 17.6 Å². The highest BCUT2D eigenvalue weighted by Gasteiger charge is 1.97. The Bertz CT molecular complexity index is 458. The van der Waals surface area contributed by atoms with Crippen LogP contribution < -0.4 is 4.74 Å². The summed E-state index contributed by atoms with van der Waals surface area (Å²) in [6.45, 7) is 0.749. The van der Waals surface area contributed by atoms with Gasteiger partial charge in [-0.2, -0.15) is 12.6 Å². The van der Waals surface area contributed by atoms with Crippen LogP contribution in [-0.4, -0.2) is 17.3 Å². The van der Waals surface area contributed by atoms with Crippen molar-refractivity contribution in [3.05, 3.63) is 36.5 Å². The molecule has 0 amide bonds. The van der Waals surface area contributed by atoms with Gasteiger partial charge >= 0.3 is 0 Å². The van der Waals surface area contributed by atoms with E-state index in [0.717, 1.165) is 41.9 Å². The third-order valence-electron chi connectivity index (χ3n) is 2.40. The molecule has 2 rings (SSSR count). The molecule has 16 heavy (non-hydrogen) atoms. The summed E-state index contributed by atoms with van der Waals surface area (Å²) in [5.41, 5.74) is 0.981. The second kappa shape index (κ2) is 5.75. The Morgan fingerprint density at radius 1 is 1.19 bits per heavy atom. The van der Waals surface area contributed by atoms with E-state index in [9.17, 15) is 0 Å². The lowest BCUT2D eigenvalue weighted by molar-refractivity contribution is 0.310. The van der Waals surface area contributed by atoms with Crippen LogP contribution in [0, 0.1) is 0 Å². The van der Waals surface area contributed by atoms with Gasteiger partial charge in [-0.3, -0.25) is 4.98 Å². The van der Waals surface area contributed by atoms with Crippen molar-refractivity contribution in [1.29, 1.82) is 0 Å². The van der Waals surface area contributed by atoms with Crippen LogP contribution in [0.15, 0.2) is 36.5 Å². The highest BCUT2D eigenvalue weighted by atomic mass is 32.1. The van der Waals surface area contributed by atoms with Crippen LogP contribution in [0.1, 0.15) is 12.8 Å². The quantitative estimate of drug-likeness (QED) is 0.632. The van der Waals surface area contributed by atoms with Gasteiger partial charge < -0.3 is 4.74 Å². The van der Waals surface area contributed by atoms with Crippen molar-refractivity contribution < 1.29 is 4.74 Å². The Balaban J connectivity index is 2.02. The maximum absolute atomic E-state index is 5.64. The molecule has 0 fully saturated rings. The number of aromatic nitrogens is 1. The molecule has 0 radical (unpaired) electrons. The van der Waals surface area contributed by atoms with Gasteiger partial charge in [-0.1, -0.05) is 6.07 Å². The van der Waals surface area contributed by atoms with Gasteiger partial charge in [0.2, 0.25) is 0 Å². The number of hydrogen-bond donors (Lipinski definition) is 1. The number of thiol groups is 1. The van der Waals surface area contributed by atoms with Crippen molar-refractivity contribution in [2.75, 3.05) is 12.4 Å². The molecular formula is C13H15NOS. The minimum absolute atomic E-state index is 0.749. The zero-order chi connectivity index (χ0) is 11.2. The number of rotatable bonds is 5. The van der Waals surface area contributed by atoms with E-state index in [1.807, 2.05) is 30.3 Å². The third kappa shape index (κ3) is 2.89. The highest BCUT2D eigenvalue weighted by Crippen LogP contribution is 2.18. The van der Waals surface area contributed by atoms with E-state index in [1.54, 1.807) is 6.20 Å². The van der Waals surface area contributed by atoms with Gasteiger partial charge in [0.05, 0.1) is 12.1 Å². The summed E-state index contributed by atoms with van der Waals surface area (Å²) in [5.74, 6) is 1.81. The zero-order valence-electron chi connectivity index (χ0n) is 9.10. The smallest absolute Gasteiger partial charge is 0.121 e. The normalized spacial score (nSPS) is 10.6. The number of nitrogens with zero attached hydrogens (tertiary/aromatic N) is 1. The molecule has 0 spiro atoms. The molecule has 0 saturated heterocycles.